The number of ether oxygens (including phenoxy) is 2. The van der Waals surface area contributed by atoms with Crippen molar-refractivity contribution in [2.75, 3.05) is 32.2 Å². The average Bonchev–Trinajstić information content (AvgIpc) is 2.62. The van der Waals surface area contributed by atoms with Crippen LogP contribution in [-0.4, -0.2) is 40.6 Å². The van der Waals surface area contributed by atoms with Crippen molar-refractivity contribution >= 4 is 9.84 Å². The third kappa shape index (κ3) is 10.9. The van der Waals surface area contributed by atoms with Crippen LogP contribution in [0.4, 0.5) is 0 Å². The number of rotatable bonds is 16. The second-order valence-corrected chi connectivity index (χ2v) is 8.94. The summed E-state index contributed by atoms with van der Waals surface area (Å²) in [5.41, 5.74) is 1.05. The van der Waals surface area contributed by atoms with E-state index in [0.717, 1.165) is 18.6 Å². The van der Waals surface area contributed by atoms with Gasteiger partial charge in [-0.05, 0) is 25.5 Å². The Bertz CT molecular complexity index is 552. The van der Waals surface area contributed by atoms with Crippen molar-refractivity contribution in [3.05, 3.63) is 29.8 Å². The molecule has 0 saturated carbocycles. The molecule has 5 heteroatoms. The molecule has 0 aliphatic carbocycles. The smallest absolute Gasteiger partial charge is 0.180 e. The molecule has 1 rings (SSSR count). The van der Waals surface area contributed by atoms with E-state index in [1.165, 1.54) is 44.9 Å². The van der Waals surface area contributed by atoms with Gasteiger partial charge in [0.25, 0.3) is 0 Å². The molecule has 1 aromatic carbocycles. The van der Waals surface area contributed by atoms with Gasteiger partial charge >= 0.3 is 0 Å². The first-order valence-corrected chi connectivity index (χ1v) is 11.7. The minimum atomic E-state index is -3.26. The molecule has 0 atom stereocenters. The van der Waals surface area contributed by atoms with E-state index in [0.29, 0.717) is 18.1 Å². The van der Waals surface area contributed by atoms with Gasteiger partial charge in [-0.2, -0.15) is 0 Å². The van der Waals surface area contributed by atoms with Gasteiger partial charge < -0.3 is 9.47 Å². The Morgan fingerprint density at radius 2 is 1.27 bits per heavy atom. The lowest BCUT2D eigenvalue weighted by Gasteiger charge is -2.07. The largest absolute Gasteiger partial charge is 0.379 e. The van der Waals surface area contributed by atoms with Crippen LogP contribution in [0.25, 0.3) is 0 Å². The standard InChI is InChI=1S/C21H36O4S/c1-3-4-5-6-7-8-9-10-15-24-16-17-25-18-19-26(22,23)21-13-11-20(2)12-14-21/h11-14H,3-10,15-19H2,1-2H3. The molecule has 0 saturated heterocycles. The van der Waals surface area contributed by atoms with Gasteiger partial charge in [-0.1, -0.05) is 69.6 Å². The normalized spacial score (nSPS) is 11.8. The summed E-state index contributed by atoms with van der Waals surface area (Å²) in [5.74, 6) is 0.00803. The number of hydrogen-bond acceptors (Lipinski definition) is 4. The molecule has 0 spiro atoms. The van der Waals surface area contributed by atoms with Crippen LogP contribution in [0.1, 0.15) is 63.9 Å². The van der Waals surface area contributed by atoms with E-state index in [4.69, 9.17) is 9.47 Å². The lowest BCUT2D eigenvalue weighted by Crippen LogP contribution is -2.14. The average molecular weight is 385 g/mol. The molecular formula is C21H36O4S. The molecule has 0 N–H and O–H groups in total. The van der Waals surface area contributed by atoms with Gasteiger partial charge in [-0.15, -0.1) is 0 Å². The van der Waals surface area contributed by atoms with E-state index in [1.54, 1.807) is 12.1 Å². The predicted molar refractivity (Wildman–Crippen MR) is 107 cm³/mol. The summed E-state index contributed by atoms with van der Waals surface area (Å²) in [5, 5.41) is 0. The molecule has 0 amide bonds. The number of aryl methyl sites for hydroxylation is 1. The SMILES string of the molecule is CCCCCCCCCCOCCOCCS(=O)(=O)c1ccc(C)cc1. The van der Waals surface area contributed by atoms with E-state index < -0.39 is 9.84 Å². The Hall–Kier alpha value is -0.910. The van der Waals surface area contributed by atoms with Crippen molar-refractivity contribution in [1.29, 1.82) is 0 Å². The lowest BCUT2D eigenvalue weighted by atomic mass is 10.1. The number of hydrogen-bond donors (Lipinski definition) is 0. The highest BCUT2D eigenvalue weighted by Crippen LogP contribution is 2.12. The van der Waals surface area contributed by atoms with E-state index >= 15 is 0 Å². The van der Waals surface area contributed by atoms with Gasteiger partial charge in [0.15, 0.2) is 9.84 Å². The van der Waals surface area contributed by atoms with Gasteiger partial charge in [-0.25, -0.2) is 8.42 Å². The zero-order chi connectivity index (χ0) is 19.1. The summed E-state index contributed by atoms with van der Waals surface area (Å²) in [4.78, 5) is 0.359. The Balaban J connectivity index is 1.94. The van der Waals surface area contributed by atoms with E-state index in [1.807, 2.05) is 19.1 Å². The third-order valence-electron chi connectivity index (χ3n) is 4.39. The summed E-state index contributed by atoms with van der Waals surface area (Å²) >= 11 is 0. The van der Waals surface area contributed by atoms with Crippen molar-refractivity contribution in [3.8, 4) is 0 Å². The number of unbranched alkanes of at least 4 members (excludes halogenated alkanes) is 7. The first-order valence-electron chi connectivity index (χ1n) is 10.0. The van der Waals surface area contributed by atoms with Crippen molar-refractivity contribution in [2.24, 2.45) is 0 Å². The van der Waals surface area contributed by atoms with Crippen LogP contribution >= 0.6 is 0 Å². The van der Waals surface area contributed by atoms with Gasteiger partial charge in [0, 0.05) is 6.61 Å². The molecule has 0 unspecified atom stereocenters. The van der Waals surface area contributed by atoms with Crippen molar-refractivity contribution in [1.82, 2.24) is 0 Å². The quantitative estimate of drug-likeness (QED) is 0.379. The maximum absolute atomic E-state index is 12.2. The van der Waals surface area contributed by atoms with Gasteiger partial charge in [-0.3, -0.25) is 0 Å². The molecule has 0 aliphatic rings. The van der Waals surface area contributed by atoms with E-state index in [-0.39, 0.29) is 12.4 Å². The summed E-state index contributed by atoms with van der Waals surface area (Å²) in [6, 6.07) is 6.93. The fraction of sp³-hybridized carbons (Fsp3) is 0.714. The summed E-state index contributed by atoms with van der Waals surface area (Å²) in [7, 11) is -3.26. The minimum Gasteiger partial charge on any atom is -0.379 e. The topological polar surface area (TPSA) is 52.6 Å². The highest BCUT2D eigenvalue weighted by atomic mass is 32.2. The first-order chi connectivity index (χ1) is 12.6. The molecule has 0 heterocycles. The van der Waals surface area contributed by atoms with Crippen molar-refractivity contribution in [2.45, 2.75) is 70.1 Å². The van der Waals surface area contributed by atoms with Gasteiger partial charge in [0.2, 0.25) is 0 Å². The van der Waals surface area contributed by atoms with Crippen LogP contribution in [0.5, 0.6) is 0 Å². The molecule has 0 aromatic heterocycles. The summed E-state index contributed by atoms with van der Waals surface area (Å²) in [6.45, 7) is 6.12. The Morgan fingerprint density at radius 3 is 1.88 bits per heavy atom. The summed E-state index contributed by atoms with van der Waals surface area (Å²) in [6.07, 6.45) is 10.3. The highest BCUT2D eigenvalue weighted by molar-refractivity contribution is 7.91. The van der Waals surface area contributed by atoms with E-state index in [2.05, 4.69) is 6.92 Å². The zero-order valence-electron chi connectivity index (χ0n) is 16.5. The molecule has 0 fully saturated rings. The van der Waals surface area contributed by atoms with Crippen LogP contribution < -0.4 is 0 Å². The highest BCUT2D eigenvalue weighted by Gasteiger charge is 2.13. The maximum Gasteiger partial charge on any atom is 0.180 e. The molecule has 0 aliphatic heterocycles. The fourth-order valence-corrected chi connectivity index (χ4v) is 3.82. The van der Waals surface area contributed by atoms with Crippen LogP contribution in [0.15, 0.2) is 29.2 Å². The molecular weight excluding hydrogens is 348 g/mol. The van der Waals surface area contributed by atoms with Crippen molar-refractivity contribution in [3.63, 3.8) is 0 Å². The van der Waals surface area contributed by atoms with Crippen LogP contribution in [0.2, 0.25) is 0 Å². The Kier molecular flexibility index (Phi) is 12.6. The molecule has 26 heavy (non-hydrogen) atoms. The van der Waals surface area contributed by atoms with Gasteiger partial charge in [0.05, 0.1) is 30.5 Å². The number of sulfone groups is 1. The van der Waals surface area contributed by atoms with Crippen LogP contribution in [0, 0.1) is 6.92 Å². The fourth-order valence-electron chi connectivity index (χ4n) is 2.69. The first kappa shape index (κ1) is 23.1. The van der Waals surface area contributed by atoms with Gasteiger partial charge in [0.1, 0.15) is 0 Å². The zero-order valence-corrected chi connectivity index (χ0v) is 17.4. The third-order valence-corrected chi connectivity index (χ3v) is 6.09. The second-order valence-electron chi connectivity index (χ2n) is 6.83. The van der Waals surface area contributed by atoms with E-state index in [9.17, 15) is 8.42 Å². The monoisotopic (exact) mass is 384 g/mol. The lowest BCUT2D eigenvalue weighted by molar-refractivity contribution is 0.0518. The Labute approximate surface area is 160 Å². The minimum absolute atomic E-state index is 0.00803. The molecule has 150 valence electrons. The predicted octanol–water partition coefficient (Wildman–Crippen LogP) is 4.94. The Morgan fingerprint density at radius 1 is 0.731 bits per heavy atom. The molecule has 0 bridgehead atoms. The van der Waals surface area contributed by atoms with Crippen LogP contribution in [-0.2, 0) is 19.3 Å². The molecule has 4 nitrogen and oxygen atoms in total. The van der Waals surface area contributed by atoms with Crippen molar-refractivity contribution < 1.29 is 17.9 Å². The summed E-state index contributed by atoms with van der Waals surface area (Å²) < 4.78 is 35.2. The number of benzene rings is 1. The molecule has 0 radical (unpaired) electrons. The second kappa shape index (κ2) is 14.2. The molecule has 1 aromatic rings. The van der Waals surface area contributed by atoms with Crippen LogP contribution in [0.3, 0.4) is 0 Å². The maximum atomic E-state index is 12.2.